The van der Waals surface area contributed by atoms with Gasteiger partial charge in [0.15, 0.2) is 5.78 Å². The fraction of sp³-hybridized carbons (Fsp3) is 0.133. The summed E-state index contributed by atoms with van der Waals surface area (Å²) in [4.78, 5) is 12.3. The molecule has 0 N–H and O–H groups in total. The summed E-state index contributed by atoms with van der Waals surface area (Å²) in [5.74, 6) is -0.637. The third-order valence-corrected chi connectivity index (χ3v) is 3.24. The average Bonchev–Trinajstić information content (AvgIpc) is 2.35. The normalized spacial score (nSPS) is 11.4. The number of rotatable bonds is 2. The zero-order valence-corrected chi connectivity index (χ0v) is 12.0. The van der Waals surface area contributed by atoms with Gasteiger partial charge in [0.25, 0.3) is 0 Å². The molecule has 0 saturated heterocycles. The molecule has 0 spiro atoms. The van der Waals surface area contributed by atoms with Crippen LogP contribution in [0.15, 0.2) is 46.9 Å². The van der Waals surface area contributed by atoms with E-state index in [1.165, 1.54) is 24.3 Å². The quantitative estimate of drug-likeness (QED) is 0.701. The number of carbonyl (C=O) groups is 1. The van der Waals surface area contributed by atoms with Crippen molar-refractivity contribution in [3.05, 3.63) is 69.2 Å². The maximum atomic E-state index is 12.9. The highest BCUT2D eigenvalue weighted by Crippen LogP contribution is 2.33. The highest BCUT2D eigenvalue weighted by Gasteiger charge is 2.34. The van der Waals surface area contributed by atoms with Crippen molar-refractivity contribution >= 4 is 21.7 Å². The second-order valence-corrected chi connectivity index (χ2v) is 5.31. The molecule has 0 aliphatic rings. The molecule has 0 heterocycles. The minimum atomic E-state index is -4.55. The molecule has 2 rings (SSSR count). The van der Waals surface area contributed by atoms with E-state index >= 15 is 0 Å². The van der Waals surface area contributed by atoms with Crippen LogP contribution in [0.1, 0.15) is 27.0 Å². The molecule has 0 aliphatic heterocycles. The van der Waals surface area contributed by atoms with Gasteiger partial charge < -0.3 is 0 Å². The molecule has 0 saturated carbocycles. The van der Waals surface area contributed by atoms with E-state index < -0.39 is 17.5 Å². The molecule has 0 radical (unpaired) electrons. The van der Waals surface area contributed by atoms with E-state index in [-0.39, 0.29) is 11.1 Å². The predicted octanol–water partition coefficient (Wildman–Crippen LogP) is 5.01. The van der Waals surface area contributed by atoms with Gasteiger partial charge >= 0.3 is 6.18 Å². The van der Waals surface area contributed by atoms with Gasteiger partial charge in [-0.2, -0.15) is 13.2 Å². The molecule has 2 aromatic rings. The van der Waals surface area contributed by atoms with Crippen molar-refractivity contribution in [3.8, 4) is 0 Å². The Morgan fingerprint density at radius 2 is 1.75 bits per heavy atom. The molecule has 0 aliphatic carbocycles. The van der Waals surface area contributed by atoms with E-state index in [1.807, 2.05) is 0 Å². The number of aryl methyl sites for hydroxylation is 1. The topological polar surface area (TPSA) is 17.1 Å². The summed E-state index contributed by atoms with van der Waals surface area (Å²) in [6.07, 6.45) is -4.55. The number of halogens is 4. The Bertz CT molecular complexity index is 642. The largest absolute Gasteiger partial charge is 0.417 e. The number of carbonyl (C=O) groups excluding carboxylic acids is 1. The molecule has 1 nitrogen and oxygen atoms in total. The molecule has 2 aromatic carbocycles. The molecule has 104 valence electrons. The summed E-state index contributed by atoms with van der Waals surface area (Å²) in [6.45, 7) is 1.78. The Kier molecular flexibility index (Phi) is 3.99. The molecule has 0 aromatic heterocycles. The Balaban J connectivity index is 2.54. The summed E-state index contributed by atoms with van der Waals surface area (Å²) in [5, 5.41) is 0. The number of ketones is 1. The van der Waals surface area contributed by atoms with Crippen LogP contribution in [0.4, 0.5) is 13.2 Å². The van der Waals surface area contributed by atoms with E-state index in [0.717, 1.165) is 11.6 Å². The van der Waals surface area contributed by atoms with Crippen LogP contribution in [0.5, 0.6) is 0 Å². The maximum absolute atomic E-state index is 12.9. The monoisotopic (exact) mass is 342 g/mol. The van der Waals surface area contributed by atoms with E-state index in [2.05, 4.69) is 15.9 Å². The molecule has 0 atom stereocenters. The first kappa shape index (κ1) is 14.8. The van der Waals surface area contributed by atoms with Crippen LogP contribution < -0.4 is 0 Å². The van der Waals surface area contributed by atoms with Crippen molar-refractivity contribution in [1.29, 1.82) is 0 Å². The van der Waals surface area contributed by atoms with E-state index in [4.69, 9.17) is 0 Å². The predicted molar refractivity (Wildman–Crippen MR) is 73.8 cm³/mol. The standard InChI is InChI=1S/C15H10BrF3O/c1-9-6-10(8-11(16)7-9)14(20)12-4-2-3-5-13(12)15(17,18)19/h2-8H,1H3. The summed E-state index contributed by atoms with van der Waals surface area (Å²) in [5.41, 5.74) is -0.221. The SMILES string of the molecule is Cc1cc(Br)cc(C(=O)c2ccccc2C(F)(F)F)c1. The lowest BCUT2D eigenvalue weighted by Crippen LogP contribution is -2.13. The van der Waals surface area contributed by atoms with Crippen LogP contribution in [0.3, 0.4) is 0 Å². The average molecular weight is 343 g/mol. The van der Waals surface area contributed by atoms with Gasteiger partial charge in [-0.1, -0.05) is 34.1 Å². The van der Waals surface area contributed by atoms with Gasteiger partial charge in [-0.15, -0.1) is 0 Å². The minimum absolute atomic E-state index is 0.230. The zero-order valence-electron chi connectivity index (χ0n) is 10.5. The second-order valence-electron chi connectivity index (χ2n) is 4.39. The van der Waals surface area contributed by atoms with Gasteiger partial charge in [0.2, 0.25) is 0 Å². The first-order chi connectivity index (χ1) is 9.29. The van der Waals surface area contributed by atoms with Crippen molar-refractivity contribution in [2.24, 2.45) is 0 Å². The molecule has 0 bridgehead atoms. The molecule has 0 unspecified atom stereocenters. The lowest BCUT2D eigenvalue weighted by Gasteiger charge is -2.12. The van der Waals surface area contributed by atoms with Crippen molar-refractivity contribution in [2.75, 3.05) is 0 Å². The van der Waals surface area contributed by atoms with Crippen LogP contribution in [-0.4, -0.2) is 5.78 Å². The molecule has 0 amide bonds. The Morgan fingerprint density at radius 1 is 1.10 bits per heavy atom. The fourth-order valence-corrected chi connectivity index (χ4v) is 2.56. The third kappa shape index (κ3) is 3.10. The van der Waals surface area contributed by atoms with Gasteiger partial charge in [0, 0.05) is 15.6 Å². The van der Waals surface area contributed by atoms with Crippen molar-refractivity contribution in [2.45, 2.75) is 13.1 Å². The van der Waals surface area contributed by atoms with Gasteiger partial charge in [-0.05, 0) is 36.8 Å². The van der Waals surface area contributed by atoms with E-state index in [1.54, 1.807) is 19.1 Å². The minimum Gasteiger partial charge on any atom is -0.289 e. The first-order valence-corrected chi connectivity index (χ1v) is 6.56. The smallest absolute Gasteiger partial charge is 0.289 e. The number of hydrogen-bond acceptors (Lipinski definition) is 1. The first-order valence-electron chi connectivity index (χ1n) is 5.77. The fourth-order valence-electron chi connectivity index (χ4n) is 1.95. The van der Waals surface area contributed by atoms with Gasteiger partial charge in [0.05, 0.1) is 5.56 Å². The van der Waals surface area contributed by atoms with Crippen LogP contribution in [0.25, 0.3) is 0 Å². The zero-order chi connectivity index (χ0) is 14.9. The van der Waals surface area contributed by atoms with Crippen LogP contribution in [-0.2, 0) is 6.18 Å². The summed E-state index contributed by atoms with van der Waals surface area (Å²) < 4.78 is 39.4. The van der Waals surface area contributed by atoms with Gasteiger partial charge in [-0.3, -0.25) is 4.79 Å². The van der Waals surface area contributed by atoms with Crippen LogP contribution >= 0.6 is 15.9 Å². The van der Waals surface area contributed by atoms with Crippen molar-refractivity contribution in [3.63, 3.8) is 0 Å². The second kappa shape index (κ2) is 5.40. The summed E-state index contributed by atoms with van der Waals surface area (Å²) in [7, 11) is 0. The molecular formula is C15H10BrF3O. The molecule has 20 heavy (non-hydrogen) atoms. The Labute approximate surface area is 122 Å². The van der Waals surface area contributed by atoms with Gasteiger partial charge in [0.1, 0.15) is 0 Å². The Hall–Kier alpha value is -1.62. The summed E-state index contributed by atoms with van der Waals surface area (Å²) in [6, 6.07) is 9.67. The molecule has 5 heteroatoms. The maximum Gasteiger partial charge on any atom is 0.417 e. The van der Waals surface area contributed by atoms with Gasteiger partial charge in [-0.25, -0.2) is 0 Å². The molecular weight excluding hydrogens is 333 g/mol. The number of alkyl halides is 3. The lowest BCUT2D eigenvalue weighted by molar-refractivity contribution is -0.137. The van der Waals surface area contributed by atoms with Crippen LogP contribution in [0.2, 0.25) is 0 Å². The number of hydrogen-bond donors (Lipinski definition) is 0. The highest BCUT2D eigenvalue weighted by molar-refractivity contribution is 9.10. The van der Waals surface area contributed by atoms with E-state index in [0.29, 0.717) is 4.47 Å². The number of benzene rings is 2. The lowest BCUT2D eigenvalue weighted by atomic mass is 9.97. The van der Waals surface area contributed by atoms with E-state index in [9.17, 15) is 18.0 Å². The summed E-state index contributed by atoms with van der Waals surface area (Å²) >= 11 is 3.24. The van der Waals surface area contributed by atoms with Crippen LogP contribution in [0, 0.1) is 6.92 Å². The third-order valence-electron chi connectivity index (χ3n) is 2.78. The molecule has 0 fully saturated rings. The van der Waals surface area contributed by atoms with Crippen molar-refractivity contribution in [1.82, 2.24) is 0 Å². The van der Waals surface area contributed by atoms with Crippen molar-refractivity contribution < 1.29 is 18.0 Å². The highest BCUT2D eigenvalue weighted by atomic mass is 79.9. The Morgan fingerprint density at radius 3 is 2.35 bits per heavy atom.